The molecule has 1 saturated heterocycles. The number of hydrogen-bond donors (Lipinski definition) is 1. The SMILES string of the molecule is NC(=O)N1CCS(=O)(=NC(=O)C(F)(F)F)CC1(Cc1ccc(-c2nnc(C(F)F)o2)cn1)c1ccccc1. The van der Waals surface area contributed by atoms with Crippen molar-refractivity contribution in [2.24, 2.45) is 10.1 Å². The maximum Gasteiger partial charge on any atom is 0.474 e. The molecule has 38 heavy (non-hydrogen) atoms. The second kappa shape index (κ2) is 10.1. The Morgan fingerprint density at radius 3 is 2.42 bits per heavy atom. The molecule has 0 aliphatic carbocycles. The smallest absolute Gasteiger partial charge is 0.415 e. The molecule has 2 N–H and O–H groups in total. The molecule has 2 aromatic heterocycles. The first-order chi connectivity index (χ1) is 17.8. The lowest BCUT2D eigenvalue weighted by molar-refractivity contribution is -0.169. The number of nitrogens with zero attached hydrogens (tertiary/aromatic N) is 5. The van der Waals surface area contributed by atoms with Crippen molar-refractivity contribution < 1.29 is 40.2 Å². The minimum absolute atomic E-state index is 0.181. The molecule has 10 nitrogen and oxygen atoms in total. The first kappa shape index (κ1) is 27.1. The fraction of sp³-hybridized carbons (Fsp3) is 0.318. The lowest BCUT2D eigenvalue weighted by Gasteiger charge is -2.47. The summed E-state index contributed by atoms with van der Waals surface area (Å²) in [5, 5.41) is 6.78. The number of carbonyl (C=O) groups excluding carboxylic acids is 2. The molecular formula is C22H19F5N6O4S. The number of hydrogen-bond acceptors (Lipinski definition) is 7. The summed E-state index contributed by atoms with van der Waals surface area (Å²) in [6, 6.07) is 9.97. The Bertz CT molecular complexity index is 1450. The third-order valence-corrected chi connectivity index (χ3v) is 8.10. The molecule has 3 aromatic rings. The zero-order chi connectivity index (χ0) is 27.7. The van der Waals surface area contributed by atoms with Gasteiger partial charge < -0.3 is 15.1 Å². The molecule has 3 amide bonds. The van der Waals surface area contributed by atoms with Crippen molar-refractivity contribution in [3.05, 3.63) is 65.8 Å². The van der Waals surface area contributed by atoms with Gasteiger partial charge in [0.2, 0.25) is 5.89 Å². The molecule has 1 aromatic carbocycles. The predicted molar refractivity (Wildman–Crippen MR) is 122 cm³/mol. The number of benzene rings is 1. The zero-order valence-electron chi connectivity index (χ0n) is 19.3. The van der Waals surface area contributed by atoms with Crippen LogP contribution >= 0.6 is 0 Å². The molecule has 16 heteroatoms. The molecule has 4 rings (SSSR count). The van der Waals surface area contributed by atoms with Crippen LogP contribution in [0.25, 0.3) is 11.5 Å². The van der Waals surface area contributed by atoms with Crippen molar-refractivity contribution in [3.8, 4) is 11.5 Å². The number of urea groups is 1. The Kier molecular flexibility index (Phi) is 7.18. The van der Waals surface area contributed by atoms with Gasteiger partial charge in [0.25, 0.3) is 5.89 Å². The Hall–Kier alpha value is -3.95. The number of pyridine rings is 1. The lowest BCUT2D eigenvalue weighted by atomic mass is 9.84. The van der Waals surface area contributed by atoms with Gasteiger partial charge >= 0.3 is 24.5 Å². The van der Waals surface area contributed by atoms with Gasteiger partial charge in [0.15, 0.2) is 0 Å². The summed E-state index contributed by atoms with van der Waals surface area (Å²) in [5.41, 5.74) is 4.89. The van der Waals surface area contributed by atoms with Crippen molar-refractivity contribution in [3.63, 3.8) is 0 Å². The number of nitrogens with two attached hydrogens (primary N) is 1. The van der Waals surface area contributed by atoms with Crippen LogP contribution in [0, 0.1) is 0 Å². The van der Waals surface area contributed by atoms with Gasteiger partial charge in [0, 0.05) is 24.9 Å². The van der Waals surface area contributed by atoms with Gasteiger partial charge in [-0.25, -0.2) is 9.00 Å². The molecule has 3 heterocycles. The highest BCUT2D eigenvalue weighted by atomic mass is 32.2. The molecule has 0 radical (unpaired) electrons. The molecule has 0 spiro atoms. The van der Waals surface area contributed by atoms with Gasteiger partial charge in [-0.05, 0) is 17.7 Å². The molecular weight excluding hydrogens is 539 g/mol. The van der Waals surface area contributed by atoms with Crippen molar-refractivity contribution in [2.75, 3.05) is 18.1 Å². The third-order valence-electron chi connectivity index (χ3n) is 5.86. The number of halogens is 5. The fourth-order valence-electron chi connectivity index (χ4n) is 4.20. The van der Waals surface area contributed by atoms with Gasteiger partial charge in [-0.15, -0.1) is 10.2 Å². The Labute approximate surface area is 212 Å². The van der Waals surface area contributed by atoms with E-state index in [-0.39, 0.29) is 30.1 Å². The summed E-state index contributed by atoms with van der Waals surface area (Å²) in [6.45, 7) is -0.339. The normalized spacial score (nSPS) is 21.9. The molecule has 2 atom stereocenters. The molecule has 1 aliphatic rings. The first-order valence-corrected chi connectivity index (χ1v) is 12.7. The van der Waals surface area contributed by atoms with Crippen molar-refractivity contribution in [1.29, 1.82) is 0 Å². The minimum Gasteiger partial charge on any atom is -0.415 e. The van der Waals surface area contributed by atoms with Gasteiger partial charge in [-0.2, -0.15) is 26.3 Å². The highest BCUT2D eigenvalue weighted by Gasteiger charge is 2.49. The second-order valence-corrected chi connectivity index (χ2v) is 10.8. The summed E-state index contributed by atoms with van der Waals surface area (Å²) in [6.07, 6.45) is -7.23. The van der Waals surface area contributed by atoms with Crippen molar-refractivity contribution in [1.82, 2.24) is 20.1 Å². The van der Waals surface area contributed by atoms with E-state index < -0.39 is 57.2 Å². The van der Waals surface area contributed by atoms with Crippen molar-refractivity contribution >= 4 is 21.7 Å². The molecule has 1 aliphatic heterocycles. The van der Waals surface area contributed by atoms with E-state index in [2.05, 4.69) is 19.5 Å². The van der Waals surface area contributed by atoms with E-state index in [0.29, 0.717) is 5.56 Å². The van der Waals surface area contributed by atoms with Crippen LogP contribution in [0.1, 0.15) is 23.6 Å². The Balaban J connectivity index is 1.78. The van der Waals surface area contributed by atoms with Crippen LogP contribution < -0.4 is 5.73 Å². The molecule has 0 bridgehead atoms. The maximum atomic E-state index is 13.5. The fourth-order valence-corrected chi connectivity index (χ4v) is 6.55. The number of aromatic nitrogens is 3. The van der Waals surface area contributed by atoms with Crippen LogP contribution in [0.2, 0.25) is 0 Å². The van der Waals surface area contributed by atoms with Crippen LogP contribution in [-0.2, 0) is 26.5 Å². The van der Waals surface area contributed by atoms with Crippen LogP contribution in [0.5, 0.6) is 0 Å². The summed E-state index contributed by atoms with van der Waals surface area (Å²) in [4.78, 5) is 29.5. The van der Waals surface area contributed by atoms with Crippen LogP contribution in [-0.4, -0.2) is 60.5 Å². The van der Waals surface area contributed by atoms with Crippen molar-refractivity contribution in [2.45, 2.75) is 24.6 Å². The third kappa shape index (κ3) is 5.49. The van der Waals surface area contributed by atoms with E-state index in [1.807, 2.05) is 0 Å². The number of amides is 3. The Morgan fingerprint density at radius 2 is 1.87 bits per heavy atom. The van der Waals surface area contributed by atoms with E-state index in [9.17, 15) is 35.8 Å². The maximum absolute atomic E-state index is 13.5. The topological polar surface area (TPSA) is 145 Å². The second-order valence-electron chi connectivity index (χ2n) is 8.36. The van der Waals surface area contributed by atoms with Gasteiger partial charge in [-0.1, -0.05) is 30.3 Å². The molecule has 1 fully saturated rings. The van der Waals surface area contributed by atoms with Crippen LogP contribution in [0.15, 0.2) is 57.4 Å². The van der Waals surface area contributed by atoms with E-state index in [1.165, 1.54) is 23.2 Å². The molecule has 0 saturated carbocycles. The summed E-state index contributed by atoms with van der Waals surface area (Å²) < 4.78 is 85.8. The monoisotopic (exact) mass is 558 g/mol. The summed E-state index contributed by atoms with van der Waals surface area (Å²) in [7, 11) is -3.80. The minimum atomic E-state index is -5.32. The predicted octanol–water partition coefficient (Wildman–Crippen LogP) is 3.46. The van der Waals surface area contributed by atoms with Crippen LogP contribution in [0.3, 0.4) is 0 Å². The van der Waals surface area contributed by atoms with Crippen LogP contribution in [0.4, 0.5) is 26.7 Å². The number of alkyl halides is 5. The number of rotatable bonds is 5. The summed E-state index contributed by atoms with van der Waals surface area (Å²) in [5.74, 6) is -4.70. The highest BCUT2D eigenvalue weighted by Crippen LogP contribution is 2.38. The number of carbonyl (C=O) groups is 2. The first-order valence-electron chi connectivity index (χ1n) is 10.9. The summed E-state index contributed by atoms with van der Waals surface area (Å²) >= 11 is 0. The van der Waals surface area contributed by atoms with E-state index in [1.54, 1.807) is 30.3 Å². The number of primary amides is 1. The highest BCUT2D eigenvalue weighted by molar-refractivity contribution is 7.94. The quantitative estimate of drug-likeness (QED) is 0.472. The molecule has 2 unspecified atom stereocenters. The van der Waals surface area contributed by atoms with Gasteiger partial charge in [0.1, 0.15) is 0 Å². The molecule has 202 valence electrons. The van der Waals surface area contributed by atoms with Gasteiger partial charge in [-0.3, -0.25) is 9.78 Å². The lowest BCUT2D eigenvalue weighted by Crippen LogP contribution is -2.61. The average Bonchev–Trinajstić information content (AvgIpc) is 3.35. The van der Waals surface area contributed by atoms with Gasteiger partial charge in [0.05, 0.1) is 32.3 Å². The van der Waals surface area contributed by atoms with E-state index in [0.717, 1.165) is 0 Å². The average molecular weight is 558 g/mol. The van der Waals surface area contributed by atoms with E-state index in [4.69, 9.17) is 10.2 Å². The van der Waals surface area contributed by atoms with E-state index >= 15 is 0 Å². The largest absolute Gasteiger partial charge is 0.474 e. The Morgan fingerprint density at radius 1 is 1.16 bits per heavy atom. The standard InChI is InChI=1S/C22H19F5N6O4S/c23-16(24)18-31-30-17(37-18)13-6-7-15(29-11-13)10-21(14-4-2-1-3-5-14)12-38(36,9-8-33(21)20(28)35)32-19(34)22(25,26)27/h1-7,11,16H,8-10,12H2,(H2,28,35). The zero-order valence-corrected chi connectivity index (χ0v) is 20.1.